The zero-order chi connectivity index (χ0) is 20.4. The van der Waals surface area contributed by atoms with E-state index < -0.39 is 50.9 Å². The van der Waals surface area contributed by atoms with Crippen molar-refractivity contribution >= 4 is 10.0 Å². The minimum atomic E-state index is -5.12. The zero-order valence-electron chi connectivity index (χ0n) is 13.7. The van der Waals surface area contributed by atoms with Crippen molar-refractivity contribution in [3.8, 4) is 6.07 Å². The summed E-state index contributed by atoms with van der Waals surface area (Å²) in [5.74, 6) is -2.90. The number of halogens is 5. The van der Waals surface area contributed by atoms with Gasteiger partial charge in [0.25, 0.3) is 0 Å². The van der Waals surface area contributed by atoms with E-state index in [0.29, 0.717) is 18.2 Å². The monoisotopic (exact) mass is 405 g/mol. The standard InChI is InChI=1S/C16H12F5N3O2S/c1-2-24(27(25,26)12-5-10(7-22)8-23-9-12)15(16(19,20)21)11-3-4-13(17)14(18)6-11/h3-6,8-9,15H,2H2,1H3/t15-/m1/s1. The first-order valence-corrected chi connectivity index (χ1v) is 8.85. The first-order chi connectivity index (χ1) is 12.5. The molecule has 0 radical (unpaired) electrons. The molecule has 144 valence electrons. The van der Waals surface area contributed by atoms with E-state index in [4.69, 9.17) is 5.26 Å². The molecule has 0 aliphatic heterocycles. The lowest BCUT2D eigenvalue weighted by Crippen LogP contribution is -2.42. The summed E-state index contributed by atoms with van der Waals surface area (Å²) < 4.78 is 93.2. The SMILES string of the molecule is CCN([C@H](c1ccc(F)c(F)c1)C(F)(F)F)S(=O)(=O)c1cncc(C#N)c1. The normalized spacial score (nSPS) is 13.4. The molecule has 1 heterocycles. The van der Waals surface area contributed by atoms with E-state index in [1.165, 1.54) is 0 Å². The molecule has 0 unspecified atom stereocenters. The van der Waals surface area contributed by atoms with Crippen molar-refractivity contribution in [1.29, 1.82) is 5.26 Å². The van der Waals surface area contributed by atoms with Gasteiger partial charge in [-0.25, -0.2) is 17.2 Å². The van der Waals surface area contributed by atoms with Crippen LogP contribution in [0.2, 0.25) is 0 Å². The summed E-state index contributed by atoms with van der Waals surface area (Å²) in [5, 5.41) is 8.84. The summed E-state index contributed by atoms with van der Waals surface area (Å²) in [6.07, 6.45) is -3.27. The fourth-order valence-electron chi connectivity index (χ4n) is 2.45. The summed E-state index contributed by atoms with van der Waals surface area (Å²) in [5.41, 5.74) is -0.945. The summed E-state index contributed by atoms with van der Waals surface area (Å²) in [6, 6.07) is 1.22. The third kappa shape index (κ3) is 4.23. The molecule has 0 aliphatic rings. The third-order valence-corrected chi connectivity index (χ3v) is 5.52. The van der Waals surface area contributed by atoms with E-state index in [-0.39, 0.29) is 9.87 Å². The molecule has 1 aromatic heterocycles. The van der Waals surface area contributed by atoms with Gasteiger partial charge in [0.05, 0.1) is 5.56 Å². The fraction of sp³-hybridized carbons (Fsp3) is 0.250. The highest BCUT2D eigenvalue weighted by molar-refractivity contribution is 7.89. The average molecular weight is 405 g/mol. The Kier molecular flexibility index (Phi) is 5.82. The van der Waals surface area contributed by atoms with E-state index in [0.717, 1.165) is 25.4 Å². The number of pyridine rings is 1. The van der Waals surface area contributed by atoms with Gasteiger partial charge in [-0.1, -0.05) is 13.0 Å². The van der Waals surface area contributed by atoms with Crippen LogP contribution in [0, 0.1) is 23.0 Å². The number of rotatable bonds is 5. The molecule has 0 saturated carbocycles. The van der Waals surface area contributed by atoms with Crippen LogP contribution >= 0.6 is 0 Å². The molecule has 1 aromatic carbocycles. The molecule has 0 aliphatic carbocycles. The van der Waals surface area contributed by atoms with Crippen LogP contribution in [0.1, 0.15) is 24.1 Å². The molecule has 2 rings (SSSR count). The van der Waals surface area contributed by atoms with Gasteiger partial charge in [0, 0.05) is 18.9 Å². The smallest absolute Gasteiger partial charge is 0.262 e. The number of hydrogen-bond acceptors (Lipinski definition) is 4. The quantitative estimate of drug-likeness (QED) is 0.714. The maximum absolute atomic E-state index is 13.7. The highest BCUT2D eigenvalue weighted by Gasteiger charge is 2.49. The van der Waals surface area contributed by atoms with E-state index in [9.17, 15) is 30.4 Å². The zero-order valence-corrected chi connectivity index (χ0v) is 14.5. The van der Waals surface area contributed by atoms with Crippen molar-refractivity contribution in [3.63, 3.8) is 0 Å². The Balaban J connectivity index is 2.64. The van der Waals surface area contributed by atoms with Gasteiger partial charge in [-0.3, -0.25) is 4.98 Å². The summed E-state index contributed by atoms with van der Waals surface area (Å²) >= 11 is 0. The minimum absolute atomic E-state index is 0.0951. The first-order valence-electron chi connectivity index (χ1n) is 7.41. The molecule has 0 spiro atoms. The Hall–Kier alpha value is -2.58. The van der Waals surface area contributed by atoms with E-state index >= 15 is 0 Å². The number of sulfonamides is 1. The number of alkyl halides is 3. The van der Waals surface area contributed by atoms with Crippen LogP contribution in [0.15, 0.2) is 41.6 Å². The van der Waals surface area contributed by atoms with Crippen molar-refractivity contribution in [2.75, 3.05) is 6.54 Å². The van der Waals surface area contributed by atoms with Gasteiger partial charge in [0.1, 0.15) is 17.0 Å². The average Bonchev–Trinajstić information content (AvgIpc) is 2.61. The number of aromatic nitrogens is 1. The number of nitrogens with zero attached hydrogens (tertiary/aromatic N) is 3. The van der Waals surface area contributed by atoms with Crippen molar-refractivity contribution in [1.82, 2.24) is 9.29 Å². The molecular formula is C16H12F5N3O2S. The predicted molar refractivity (Wildman–Crippen MR) is 83.7 cm³/mol. The lowest BCUT2D eigenvalue weighted by atomic mass is 10.1. The van der Waals surface area contributed by atoms with Crippen molar-refractivity contribution in [2.45, 2.75) is 24.0 Å². The van der Waals surface area contributed by atoms with Crippen LogP contribution in [-0.4, -0.2) is 30.4 Å². The summed E-state index contributed by atoms with van der Waals surface area (Å²) in [4.78, 5) is 2.91. The van der Waals surface area contributed by atoms with Crippen LogP contribution in [-0.2, 0) is 10.0 Å². The van der Waals surface area contributed by atoms with Gasteiger partial charge in [-0.05, 0) is 23.8 Å². The fourth-order valence-corrected chi connectivity index (χ4v) is 4.05. The molecule has 5 nitrogen and oxygen atoms in total. The van der Waals surface area contributed by atoms with Crippen LogP contribution in [0.3, 0.4) is 0 Å². The molecule has 2 aromatic rings. The Labute approximate surface area is 151 Å². The molecule has 0 bridgehead atoms. The van der Waals surface area contributed by atoms with Crippen molar-refractivity contribution in [3.05, 3.63) is 59.4 Å². The van der Waals surface area contributed by atoms with Crippen LogP contribution in [0.25, 0.3) is 0 Å². The molecule has 0 amide bonds. The highest BCUT2D eigenvalue weighted by atomic mass is 32.2. The molecule has 0 saturated heterocycles. The van der Waals surface area contributed by atoms with Gasteiger partial charge in [-0.15, -0.1) is 0 Å². The van der Waals surface area contributed by atoms with Crippen LogP contribution < -0.4 is 0 Å². The summed E-state index contributed by atoms with van der Waals surface area (Å²) in [6.45, 7) is 0.542. The Bertz CT molecular complexity index is 986. The molecular weight excluding hydrogens is 393 g/mol. The second-order valence-corrected chi connectivity index (χ2v) is 7.24. The van der Waals surface area contributed by atoms with Gasteiger partial charge in [-0.2, -0.15) is 22.7 Å². The van der Waals surface area contributed by atoms with Crippen molar-refractivity contribution in [2.24, 2.45) is 0 Å². The largest absolute Gasteiger partial charge is 0.409 e. The van der Waals surface area contributed by atoms with Crippen LogP contribution in [0.4, 0.5) is 22.0 Å². The maximum atomic E-state index is 13.7. The van der Waals surface area contributed by atoms with Crippen molar-refractivity contribution < 1.29 is 30.4 Å². The maximum Gasteiger partial charge on any atom is 0.409 e. The second kappa shape index (κ2) is 7.58. The summed E-state index contributed by atoms with van der Waals surface area (Å²) in [7, 11) is -4.75. The predicted octanol–water partition coefficient (Wildman–Crippen LogP) is 3.55. The van der Waals surface area contributed by atoms with E-state index in [2.05, 4.69) is 4.98 Å². The third-order valence-electron chi connectivity index (χ3n) is 3.62. The molecule has 0 fully saturated rings. The number of benzene rings is 1. The topological polar surface area (TPSA) is 74.1 Å². The molecule has 0 N–H and O–H groups in total. The van der Waals surface area contributed by atoms with Gasteiger partial charge in [0.2, 0.25) is 10.0 Å². The molecule has 27 heavy (non-hydrogen) atoms. The molecule has 1 atom stereocenters. The van der Waals surface area contributed by atoms with E-state index in [1.54, 1.807) is 6.07 Å². The van der Waals surface area contributed by atoms with Gasteiger partial charge >= 0.3 is 6.18 Å². The minimum Gasteiger partial charge on any atom is -0.262 e. The lowest BCUT2D eigenvalue weighted by Gasteiger charge is -2.31. The van der Waals surface area contributed by atoms with Gasteiger partial charge < -0.3 is 0 Å². The van der Waals surface area contributed by atoms with E-state index in [1.807, 2.05) is 0 Å². The molecule has 11 heteroatoms. The van der Waals surface area contributed by atoms with Gasteiger partial charge in [0.15, 0.2) is 11.6 Å². The number of nitriles is 1. The first kappa shape index (κ1) is 20.7. The number of hydrogen-bond donors (Lipinski definition) is 0. The lowest BCUT2D eigenvalue weighted by molar-refractivity contribution is -0.173. The highest BCUT2D eigenvalue weighted by Crippen LogP contribution is 2.40. The van der Waals surface area contributed by atoms with Crippen LogP contribution in [0.5, 0.6) is 0 Å². The Morgan fingerprint density at radius 2 is 1.85 bits per heavy atom. The Morgan fingerprint density at radius 3 is 2.37 bits per heavy atom. The second-order valence-electron chi connectivity index (χ2n) is 5.35. The Morgan fingerprint density at radius 1 is 1.19 bits per heavy atom.